The van der Waals surface area contributed by atoms with Crippen LogP contribution in [0.5, 0.6) is 0 Å². The first kappa shape index (κ1) is 18.9. The molecule has 4 aromatic rings. The monoisotopic (exact) mass is 409 g/mol. The lowest BCUT2D eigenvalue weighted by Crippen LogP contribution is -2.16. The van der Waals surface area contributed by atoms with Gasteiger partial charge < -0.3 is 9.73 Å². The van der Waals surface area contributed by atoms with Crippen molar-refractivity contribution in [2.45, 2.75) is 12.1 Å². The Kier molecular flexibility index (Phi) is 4.94. The third-order valence-electron chi connectivity index (χ3n) is 4.44. The molecular weight excluding hydrogens is 393 g/mol. The van der Waals surface area contributed by atoms with Gasteiger partial charge in [0, 0.05) is 28.9 Å². The van der Waals surface area contributed by atoms with E-state index in [-0.39, 0.29) is 5.82 Å². The number of rotatable bonds is 4. The minimum Gasteiger partial charge on any atom is -0.423 e. The van der Waals surface area contributed by atoms with Gasteiger partial charge in [0.15, 0.2) is 5.16 Å². The lowest BCUT2D eigenvalue weighted by atomic mass is 10.1. The number of carbonyl (C=O) groups is 1. The average Bonchev–Trinajstić information content (AvgIpc) is 3.12. The third kappa shape index (κ3) is 3.66. The zero-order valence-electron chi connectivity index (χ0n) is 15.6. The molecule has 0 saturated heterocycles. The fourth-order valence-corrected chi connectivity index (χ4v) is 3.62. The summed E-state index contributed by atoms with van der Waals surface area (Å²) in [6.45, 7) is 1.82. The third-order valence-corrected chi connectivity index (χ3v) is 5.09. The molecule has 1 amide bonds. The van der Waals surface area contributed by atoms with Crippen molar-refractivity contribution in [3.63, 3.8) is 0 Å². The van der Waals surface area contributed by atoms with Crippen LogP contribution < -0.4 is 10.9 Å². The van der Waals surface area contributed by atoms with E-state index in [1.54, 1.807) is 34.9 Å². The molecule has 0 aliphatic rings. The molecule has 0 bridgehead atoms. The highest BCUT2D eigenvalue weighted by atomic mass is 32.2. The molecule has 0 saturated carbocycles. The van der Waals surface area contributed by atoms with Gasteiger partial charge in [-0.05, 0) is 55.1 Å². The number of aromatic nitrogens is 2. The summed E-state index contributed by atoms with van der Waals surface area (Å²) < 4.78 is 20.2. The average molecular weight is 409 g/mol. The van der Waals surface area contributed by atoms with Crippen LogP contribution in [-0.4, -0.2) is 21.7 Å². The van der Waals surface area contributed by atoms with E-state index >= 15 is 0 Å². The number of thioether (sulfide) groups is 1. The first-order chi connectivity index (χ1) is 14.0. The summed E-state index contributed by atoms with van der Waals surface area (Å²) in [5, 5.41) is 4.20. The van der Waals surface area contributed by atoms with E-state index in [2.05, 4.69) is 10.3 Å². The second-order valence-electron chi connectivity index (χ2n) is 6.36. The Morgan fingerprint density at radius 1 is 1.17 bits per heavy atom. The summed E-state index contributed by atoms with van der Waals surface area (Å²) in [6.07, 6.45) is 3.31. The second-order valence-corrected chi connectivity index (χ2v) is 7.13. The molecule has 6 nitrogen and oxygen atoms in total. The summed E-state index contributed by atoms with van der Waals surface area (Å²) in [5.74, 6) is -0.755. The van der Waals surface area contributed by atoms with Crippen molar-refractivity contribution in [1.82, 2.24) is 9.55 Å². The van der Waals surface area contributed by atoms with Crippen LogP contribution in [0.3, 0.4) is 0 Å². The van der Waals surface area contributed by atoms with Crippen molar-refractivity contribution in [1.29, 1.82) is 0 Å². The SMILES string of the molecule is CSc1ncc(C(=O)Nc2ccc3c(C)cc(=O)oc3c2)n1-c1ccc(F)cc1. The minimum absolute atomic E-state index is 0.298. The van der Waals surface area contributed by atoms with E-state index in [1.807, 2.05) is 13.2 Å². The van der Waals surface area contributed by atoms with Gasteiger partial charge in [-0.15, -0.1) is 0 Å². The highest BCUT2D eigenvalue weighted by Gasteiger charge is 2.18. The first-order valence-electron chi connectivity index (χ1n) is 8.70. The lowest BCUT2D eigenvalue weighted by molar-refractivity contribution is 0.102. The molecule has 8 heteroatoms. The van der Waals surface area contributed by atoms with E-state index < -0.39 is 11.5 Å². The number of amides is 1. The predicted octanol–water partition coefficient (Wildman–Crippen LogP) is 4.40. The molecule has 0 aliphatic heterocycles. The van der Waals surface area contributed by atoms with Crippen molar-refractivity contribution in [3.05, 3.63) is 82.2 Å². The topological polar surface area (TPSA) is 77.1 Å². The quantitative estimate of drug-likeness (QED) is 0.399. The van der Waals surface area contributed by atoms with Gasteiger partial charge in [-0.3, -0.25) is 9.36 Å². The maximum atomic E-state index is 13.3. The van der Waals surface area contributed by atoms with Crippen molar-refractivity contribution < 1.29 is 13.6 Å². The second kappa shape index (κ2) is 7.56. The smallest absolute Gasteiger partial charge is 0.336 e. The number of anilines is 1. The number of aryl methyl sites for hydroxylation is 1. The molecule has 2 aromatic carbocycles. The summed E-state index contributed by atoms with van der Waals surface area (Å²) >= 11 is 1.37. The number of nitrogens with zero attached hydrogens (tertiary/aromatic N) is 2. The number of benzene rings is 2. The Morgan fingerprint density at radius 3 is 2.66 bits per heavy atom. The number of carbonyl (C=O) groups excluding carboxylic acids is 1. The van der Waals surface area contributed by atoms with Crippen molar-refractivity contribution >= 4 is 34.3 Å². The van der Waals surface area contributed by atoms with Crippen LogP contribution in [0.15, 0.2) is 69.1 Å². The van der Waals surface area contributed by atoms with Gasteiger partial charge in [0.1, 0.15) is 17.1 Å². The van der Waals surface area contributed by atoms with E-state index in [0.29, 0.717) is 27.8 Å². The highest BCUT2D eigenvalue weighted by molar-refractivity contribution is 7.98. The van der Waals surface area contributed by atoms with Crippen molar-refractivity contribution in [2.75, 3.05) is 11.6 Å². The number of fused-ring (bicyclic) bond motifs is 1. The van der Waals surface area contributed by atoms with Gasteiger partial charge in [0.25, 0.3) is 5.91 Å². The van der Waals surface area contributed by atoms with E-state index in [9.17, 15) is 14.0 Å². The fourth-order valence-electron chi connectivity index (χ4n) is 3.08. The number of hydrogen-bond donors (Lipinski definition) is 1. The summed E-state index contributed by atoms with van der Waals surface area (Å²) in [5.41, 5.74) is 2.15. The Bertz CT molecular complexity index is 1280. The predicted molar refractivity (Wildman–Crippen MR) is 110 cm³/mol. The standard InChI is InChI=1S/C21H16FN3O3S/c1-12-9-19(26)28-18-10-14(5-8-16(12)18)24-20(27)17-11-23-21(29-2)25(17)15-6-3-13(22)4-7-15/h3-11H,1-2H3,(H,24,27). The number of nitrogens with one attached hydrogen (secondary N) is 1. The lowest BCUT2D eigenvalue weighted by Gasteiger charge is -2.12. The zero-order chi connectivity index (χ0) is 20.5. The van der Waals surface area contributed by atoms with Gasteiger partial charge in [-0.2, -0.15) is 0 Å². The zero-order valence-corrected chi connectivity index (χ0v) is 16.4. The van der Waals surface area contributed by atoms with Crippen LogP contribution in [0, 0.1) is 12.7 Å². The van der Waals surface area contributed by atoms with Crippen LogP contribution in [0.1, 0.15) is 16.1 Å². The number of imidazole rings is 1. The molecule has 4 rings (SSSR count). The van der Waals surface area contributed by atoms with E-state index in [0.717, 1.165) is 10.9 Å². The van der Waals surface area contributed by atoms with Gasteiger partial charge in [-0.1, -0.05) is 11.8 Å². The Morgan fingerprint density at radius 2 is 1.93 bits per heavy atom. The molecule has 2 aromatic heterocycles. The van der Waals surface area contributed by atoms with Gasteiger partial charge >= 0.3 is 5.63 Å². The van der Waals surface area contributed by atoms with Gasteiger partial charge in [-0.25, -0.2) is 14.2 Å². The van der Waals surface area contributed by atoms with Crippen LogP contribution in [0.4, 0.5) is 10.1 Å². The first-order valence-corrected chi connectivity index (χ1v) is 9.92. The number of halogens is 1. The summed E-state index contributed by atoms with van der Waals surface area (Å²) in [7, 11) is 0. The highest BCUT2D eigenvalue weighted by Crippen LogP contribution is 2.24. The molecule has 0 aliphatic carbocycles. The van der Waals surface area contributed by atoms with E-state index in [1.165, 1.54) is 36.2 Å². The molecule has 1 N–H and O–H groups in total. The summed E-state index contributed by atoms with van der Waals surface area (Å²) in [4.78, 5) is 28.8. The molecule has 2 heterocycles. The van der Waals surface area contributed by atoms with Crippen LogP contribution in [0.2, 0.25) is 0 Å². The van der Waals surface area contributed by atoms with E-state index in [4.69, 9.17) is 4.42 Å². The number of hydrogen-bond acceptors (Lipinski definition) is 5. The Balaban J connectivity index is 1.71. The Labute approximate surface area is 169 Å². The van der Waals surface area contributed by atoms with Gasteiger partial charge in [0.2, 0.25) is 0 Å². The molecule has 0 spiro atoms. The molecule has 0 radical (unpaired) electrons. The molecule has 0 atom stereocenters. The van der Waals surface area contributed by atoms with Gasteiger partial charge in [0.05, 0.1) is 6.20 Å². The molecule has 0 fully saturated rings. The normalized spacial score (nSPS) is 11.0. The maximum absolute atomic E-state index is 13.3. The molecule has 146 valence electrons. The van der Waals surface area contributed by atoms with Crippen molar-refractivity contribution in [3.8, 4) is 5.69 Å². The Hall–Kier alpha value is -3.39. The van der Waals surface area contributed by atoms with Crippen LogP contribution in [0.25, 0.3) is 16.7 Å². The van der Waals surface area contributed by atoms with Crippen molar-refractivity contribution in [2.24, 2.45) is 0 Å². The largest absolute Gasteiger partial charge is 0.423 e. The van der Waals surface area contributed by atoms with Crippen LogP contribution in [-0.2, 0) is 0 Å². The maximum Gasteiger partial charge on any atom is 0.336 e. The van der Waals surface area contributed by atoms with Crippen LogP contribution >= 0.6 is 11.8 Å². The molecule has 29 heavy (non-hydrogen) atoms. The molecular formula is C21H16FN3O3S. The minimum atomic E-state index is -0.447. The summed E-state index contributed by atoms with van der Waals surface area (Å²) in [6, 6.07) is 12.4. The fraction of sp³-hybridized carbons (Fsp3) is 0.0952. The molecule has 0 unspecified atom stereocenters.